The van der Waals surface area contributed by atoms with Crippen molar-refractivity contribution in [3.8, 4) is 0 Å². The molecule has 0 radical (unpaired) electrons. The van der Waals surface area contributed by atoms with Gasteiger partial charge < -0.3 is 4.42 Å². The minimum Gasteiger partial charge on any atom is -0.430 e. The minimum absolute atomic E-state index is 0.251. The summed E-state index contributed by atoms with van der Waals surface area (Å²) in [6.45, 7) is 0. The summed E-state index contributed by atoms with van der Waals surface area (Å²) in [7, 11) is 0. The van der Waals surface area contributed by atoms with Gasteiger partial charge in [-0.1, -0.05) is 0 Å². The molecule has 0 N–H and O–H groups in total. The molecule has 1 aromatic rings. The van der Waals surface area contributed by atoms with Gasteiger partial charge in [0.15, 0.2) is 0 Å². The second-order valence-corrected chi connectivity index (χ2v) is 2.37. The van der Waals surface area contributed by atoms with Gasteiger partial charge in [0.25, 0.3) is 0 Å². The highest BCUT2D eigenvalue weighted by Gasteiger charge is 1.97. The fourth-order valence-electron chi connectivity index (χ4n) is 0.400. The highest BCUT2D eigenvalue weighted by atomic mass is 32.1. The lowest BCUT2D eigenvalue weighted by molar-refractivity contribution is 0.487. The summed E-state index contributed by atoms with van der Waals surface area (Å²) in [4.78, 5) is 11.3. The van der Waals surface area contributed by atoms with E-state index in [1.54, 1.807) is 6.07 Å². The lowest BCUT2D eigenvalue weighted by atomic mass is 10.5. The van der Waals surface area contributed by atoms with E-state index in [0.29, 0.717) is 4.90 Å². The van der Waals surface area contributed by atoms with E-state index in [1.807, 2.05) is 0 Å². The minimum atomic E-state index is -0.453. The van der Waals surface area contributed by atoms with Gasteiger partial charge in [0.2, 0.25) is 0 Å². The van der Waals surface area contributed by atoms with Gasteiger partial charge in [0.1, 0.15) is 4.90 Å². The van der Waals surface area contributed by atoms with E-state index in [-0.39, 0.29) is 4.90 Å². The first-order valence-electron chi connectivity index (χ1n) is 2.21. The van der Waals surface area contributed by atoms with Crippen molar-refractivity contribution in [2.24, 2.45) is 0 Å². The first-order valence-corrected chi connectivity index (χ1v) is 3.11. The third kappa shape index (κ3) is 1.31. The van der Waals surface area contributed by atoms with Crippen LogP contribution in [0.4, 0.5) is 0 Å². The Hall–Kier alpha value is -0.350. The molecule has 0 saturated carbocycles. The van der Waals surface area contributed by atoms with Crippen molar-refractivity contribution in [1.29, 1.82) is 0 Å². The van der Waals surface area contributed by atoms with Gasteiger partial charge in [-0.05, 0) is 6.07 Å². The maximum absolute atomic E-state index is 10.5. The Morgan fingerprint density at radius 1 is 1.44 bits per heavy atom. The first kappa shape index (κ1) is 6.77. The first-order chi connectivity index (χ1) is 4.22. The van der Waals surface area contributed by atoms with Crippen molar-refractivity contribution in [3.63, 3.8) is 0 Å². The molecule has 0 amide bonds. The van der Waals surface area contributed by atoms with Crippen molar-refractivity contribution in [3.05, 3.63) is 22.7 Å². The smallest absolute Gasteiger partial charge is 0.350 e. The van der Waals surface area contributed by atoms with Gasteiger partial charge in [-0.3, -0.25) is 0 Å². The van der Waals surface area contributed by atoms with E-state index in [1.165, 1.54) is 6.26 Å². The molecule has 1 aromatic heterocycles. The Labute approximate surface area is 62.7 Å². The zero-order valence-corrected chi connectivity index (χ0v) is 6.15. The number of hydrogen-bond acceptors (Lipinski definition) is 4. The van der Waals surface area contributed by atoms with Crippen LogP contribution >= 0.6 is 25.3 Å². The van der Waals surface area contributed by atoms with E-state index >= 15 is 0 Å². The number of hydrogen-bond donors (Lipinski definition) is 2. The molecule has 9 heavy (non-hydrogen) atoms. The molecule has 0 aliphatic carbocycles. The quantitative estimate of drug-likeness (QED) is 0.559. The number of rotatable bonds is 0. The molecule has 0 aromatic carbocycles. The average Bonchev–Trinajstić information content (AvgIpc) is 1.83. The molecule has 1 rings (SSSR count). The van der Waals surface area contributed by atoms with Crippen LogP contribution in [-0.4, -0.2) is 0 Å². The molecule has 0 spiro atoms. The Morgan fingerprint density at radius 2 is 2.11 bits per heavy atom. The van der Waals surface area contributed by atoms with E-state index in [4.69, 9.17) is 0 Å². The van der Waals surface area contributed by atoms with Crippen LogP contribution in [0.25, 0.3) is 0 Å². The van der Waals surface area contributed by atoms with Crippen molar-refractivity contribution >= 4 is 25.3 Å². The standard InChI is InChI=1S/C5H4O2S2/c6-5-4(9)3(8)1-2-7-5/h1-2,8-9H. The topological polar surface area (TPSA) is 30.2 Å². The predicted molar refractivity (Wildman–Crippen MR) is 39.5 cm³/mol. The highest BCUT2D eigenvalue weighted by molar-refractivity contribution is 7.83. The molecule has 0 unspecified atom stereocenters. The molecule has 1 heterocycles. The van der Waals surface area contributed by atoms with E-state index in [0.717, 1.165) is 0 Å². The SMILES string of the molecule is O=c1occc(S)c1S. The summed E-state index contributed by atoms with van der Waals surface area (Å²) in [5.74, 6) is 0. The Morgan fingerprint density at radius 3 is 2.56 bits per heavy atom. The monoisotopic (exact) mass is 160 g/mol. The van der Waals surface area contributed by atoms with Crippen LogP contribution in [0.2, 0.25) is 0 Å². The highest BCUT2D eigenvalue weighted by Crippen LogP contribution is 2.11. The molecule has 4 heteroatoms. The van der Waals surface area contributed by atoms with Crippen LogP contribution < -0.4 is 5.63 Å². The molecule has 2 nitrogen and oxygen atoms in total. The normalized spacial score (nSPS) is 9.56. The maximum atomic E-state index is 10.5. The van der Waals surface area contributed by atoms with Crippen LogP contribution in [0.3, 0.4) is 0 Å². The summed E-state index contributed by atoms with van der Waals surface area (Å²) in [6, 6.07) is 1.56. The van der Waals surface area contributed by atoms with Crippen molar-refractivity contribution in [2.75, 3.05) is 0 Å². The molecule has 0 aliphatic rings. The Balaban J connectivity index is 3.43. The summed E-state index contributed by atoms with van der Waals surface area (Å²) in [5.41, 5.74) is -0.453. The van der Waals surface area contributed by atoms with Crippen molar-refractivity contribution in [1.82, 2.24) is 0 Å². The van der Waals surface area contributed by atoms with Gasteiger partial charge in [0, 0.05) is 4.90 Å². The van der Waals surface area contributed by atoms with Crippen LogP contribution in [0.5, 0.6) is 0 Å². The molecule has 48 valence electrons. The molecule has 0 aliphatic heterocycles. The van der Waals surface area contributed by atoms with Gasteiger partial charge in [-0.15, -0.1) is 25.3 Å². The molecule has 0 fully saturated rings. The van der Waals surface area contributed by atoms with E-state index < -0.39 is 5.63 Å². The molecular formula is C5H4O2S2. The van der Waals surface area contributed by atoms with E-state index in [9.17, 15) is 4.79 Å². The van der Waals surface area contributed by atoms with Crippen LogP contribution in [0.15, 0.2) is 31.3 Å². The Bertz CT molecular complexity index is 266. The third-order valence-corrected chi connectivity index (χ3v) is 1.81. The fraction of sp³-hybridized carbons (Fsp3) is 0. The van der Waals surface area contributed by atoms with Gasteiger partial charge in [-0.2, -0.15) is 0 Å². The second kappa shape index (κ2) is 2.49. The zero-order valence-electron chi connectivity index (χ0n) is 4.37. The third-order valence-electron chi connectivity index (χ3n) is 0.837. The Kier molecular flexibility index (Phi) is 1.87. The van der Waals surface area contributed by atoms with E-state index in [2.05, 4.69) is 29.7 Å². The molecule has 0 bridgehead atoms. The van der Waals surface area contributed by atoms with Crippen LogP contribution in [0.1, 0.15) is 0 Å². The largest absolute Gasteiger partial charge is 0.430 e. The van der Waals surface area contributed by atoms with Gasteiger partial charge in [0.05, 0.1) is 6.26 Å². The average molecular weight is 160 g/mol. The lowest BCUT2D eigenvalue weighted by Crippen LogP contribution is -1.98. The predicted octanol–water partition coefficient (Wildman–Crippen LogP) is 1.22. The van der Waals surface area contributed by atoms with Crippen molar-refractivity contribution < 1.29 is 4.42 Å². The molecule has 0 atom stereocenters. The summed E-state index contributed by atoms with van der Waals surface area (Å²) < 4.78 is 4.46. The van der Waals surface area contributed by atoms with Gasteiger partial charge in [-0.25, -0.2) is 4.79 Å². The number of thiol groups is 2. The summed E-state index contributed by atoms with van der Waals surface area (Å²) in [5, 5.41) is 0. The summed E-state index contributed by atoms with van der Waals surface area (Å²) in [6.07, 6.45) is 1.28. The van der Waals surface area contributed by atoms with Crippen LogP contribution in [0, 0.1) is 0 Å². The maximum Gasteiger partial charge on any atom is 0.350 e. The fourth-order valence-corrected chi connectivity index (χ4v) is 0.679. The summed E-state index contributed by atoms with van der Waals surface area (Å²) >= 11 is 7.76. The van der Waals surface area contributed by atoms with Crippen LogP contribution in [-0.2, 0) is 0 Å². The molecule has 0 saturated heterocycles. The molecular weight excluding hydrogens is 156 g/mol. The zero-order chi connectivity index (χ0) is 6.85. The van der Waals surface area contributed by atoms with Gasteiger partial charge >= 0.3 is 5.63 Å². The second-order valence-electron chi connectivity index (χ2n) is 1.44. The van der Waals surface area contributed by atoms with Crippen molar-refractivity contribution in [2.45, 2.75) is 9.79 Å². The lowest BCUT2D eigenvalue weighted by Gasteiger charge is -1.89.